The number of non-ortho nitro benzene ring substituents is 1. The number of aliphatic imine (C=N–C) groups is 1. The summed E-state index contributed by atoms with van der Waals surface area (Å²) in [5.74, 6) is -3.00. The highest BCUT2D eigenvalue weighted by molar-refractivity contribution is 5.98. The maximum atomic E-state index is 13.0. The number of hydrogen-bond donors (Lipinski definition) is 7. The van der Waals surface area contributed by atoms with Crippen molar-refractivity contribution in [1.82, 2.24) is 16.0 Å². The van der Waals surface area contributed by atoms with Crippen LogP contribution in [0.3, 0.4) is 0 Å². The number of carbonyl (C=O) groups is 5. The molecule has 0 spiro atoms. The highest BCUT2D eigenvalue weighted by Gasteiger charge is 2.29. The number of alkyl carbamates (subject to hydrolysis) is 1. The maximum absolute atomic E-state index is 13.0. The van der Waals surface area contributed by atoms with Crippen LogP contribution in [0.2, 0.25) is 0 Å². The number of hydrogen-bond acceptors (Lipinski definition) is 9. The minimum Gasteiger partial charge on any atom is -0.444 e. The zero-order valence-electron chi connectivity index (χ0n) is 24.0. The largest absolute Gasteiger partial charge is 0.444 e. The number of nitro benzene ring substituents is 1. The first-order valence-electron chi connectivity index (χ1n) is 13.0. The van der Waals surface area contributed by atoms with Crippen LogP contribution in [0.1, 0.15) is 53.4 Å². The monoisotopic (exact) mass is 593 g/mol. The molecule has 1 aromatic rings. The zero-order valence-corrected chi connectivity index (χ0v) is 24.0. The van der Waals surface area contributed by atoms with Crippen LogP contribution in [0, 0.1) is 10.1 Å². The molecule has 0 radical (unpaired) electrons. The topological polar surface area (TPSA) is 276 Å². The van der Waals surface area contributed by atoms with E-state index < -0.39 is 58.4 Å². The molecule has 17 nitrogen and oxygen atoms in total. The fourth-order valence-corrected chi connectivity index (χ4v) is 3.35. The molecule has 42 heavy (non-hydrogen) atoms. The van der Waals surface area contributed by atoms with Crippen molar-refractivity contribution in [3.63, 3.8) is 0 Å². The van der Waals surface area contributed by atoms with Gasteiger partial charge >= 0.3 is 6.09 Å². The molecule has 10 N–H and O–H groups in total. The number of rotatable bonds is 15. The third-order valence-corrected chi connectivity index (χ3v) is 5.36. The number of ether oxygens (including phenoxy) is 1. The van der Waals surface area contributed by atoms with Crippen molar-refractivity contribution in [3.05, 3.63) is 34.4 Å². The van der Waals surface area contributed by atoms with Gasteiger partial charge in [0, 0.05) is 30.8 Å². The van der Waals surface area contributed by atoms with Crippen LogP contribution < -0.4 is 38.5 Å². The molecular weight excluding hydrogens is 554 g/mol. The van der Waals surface area contributed by atoms with Gasteiger partial charge in [0.2, 0.25) is 23.6 Å². The Hall–Kier alpha value is -4.96. The van der Waals surface area contributed by atoms with E-state index in [0.717, 1.165) is 0 Å². The minimum atomic E-state index is -1.25. The molecule has 0 aromatic heterocycles. The van der Waals surface area contributed by atoms with Crippen LogP contribution in [-0.2, 0) is 23.9 Å². The summed E-state index contributed by atoms with van der Waals surface area (Å²) in [4.78, 5) is 76.5. The van der Waals surface area contributed by atoms with Crippen LogP contribution in [-0.4, -0.2) is 70.9 Å². The van der Waals surface area contributed by atoms with Crippen molar-refractivity contribution >= 4 is 47.1 Å². The first-order valence-corrected chi connectivity index (χ1v) is 13.0. The number of primary amides is 1. The first kappa shape index (κ1) is 35.1. The highest BCUT2D eigenvalue weighted by Crippen LogP contribution is 2.16. The standard InChI is InChI=1S/C25H39N9O8/c1-14(30-21(37)18(11-12-19(26)35)33-24(39)42-25(2,3)4)20(36)32-17(6-5-13-29-23(27)28)22(38)31-15-7-9-16(10-8-15)34(40)41/h7-10,14,17-18H,5-6,11-13H2,1-4H3,(H2,26,35)(H,30,37)(H,31,38)(H,32,36)(H,33,39)(H4,27,28,29)/t14-,17-,18-/m0/s1. The van der Waals surface area contributed by atoms with Crippen LogP contribution in [0.25, 0.3) is 0 Å². The number of carbonyl (C=O) groups excluding carboxylic acids is 5. The number of nitrogens with two attached hydrogens (primary N) is 3. The van der Waals surface area contributed by atoms with Crippen LogP contribution in [0.15, 0.2) is 29.3 Å². The van der Waals surface area contributed by atoms with Crippen molar-refractivity contribution in [1.29, 1.82) is 0 Å². The van der Waals surface area contributed by atoms with Crippen LogP contribution >= 0.6 is 0 Å². The first-order chi connectivity index (χ1) is 19.5. The van der Waals surface area contributed by atoms with Gasteiger partial charge in [-0.2, -0.15) is 0 Å². The molecule has 17 heteroatoms. The molecule has 0 unspecified atom stereocenters. The summed E-state index contributed by atoms with van der Waals surface area (Å²) in [5.41, 5.74) is 15.1. The average molecular weight is 594 g/mol. The normalized spacial score (nSPS) is 13.0. The Bertz CT molecular complexity index is 1160. The Morgan fingerprint density at radius 1 is 0.929 bits per heavy atom. The van der Waals surface area contributed by atoms with Crippen molar-refractivity contribution in [3.8, 4) is 0 Å². The predicted octanol–water partition coefficient (Wildman–Crippen LogP) is -0.265. The van der Waals surface area contributed by atoms with Gasteiger partial charge in [-0.25, -0.2) is 4.79 Å². The van der Waals surface area contributed by atoms with Crippen LogP contribution in [0.5, 0.6) is 0 Å². The van der Waals surface area contributed by atoms with Crippen molar-refractivity contribution in [2.45, 2.75) is 77.1 Å². The number of guanidine groups is 1. The van der Waals surface area contributed by atoms with Gasteiger partial charge in [0.1, 0.15) is 23.7 Å². The molecule has 0 fully saturated rings. The Balaban J connectivity index is 2.96. The molecule has 0 heterocycles. The molecule has 0 saturated carbocycles. The SMILES string of the molecule is C[C@H](NC(=O)[C@H](CCC(N)=O)NC(=O)OC(C)(C)C)C(=O)N[C@@H](CCCN=C(N)N)C(=O)Nc1ccc([N+](=O)[O-])cc1. The van der Waals surface area contributed by atoms with E-state index in [9.17, 15) is 34.1 Å². The molecule has 0 saturated heterocycles. The van der Waals surface area contributed by atoms with Gasteiger partial charge in [-0.05, 0) is 59.1 Å². The van der Waals surface area contributed by atoms with Gasteiger partial charge in [0.25, 0.3) is 5.69 Å². The lowest BCUT2D eigenvalue weighted by molar-refractivity contribution is -0.384. The maximum Gasteiger partial charge on any atom is 0.408 e. The molecule has 1 aromatic carbocycles. The summed E-state index contributed by atoms with van der Waals surface area (Å²) in [7, 11) is 0. The molecular formula is C25H39N9O8. The average Bonchev–Trinajstić information content (AvgIpc) is 2.86. The van der Waals surface area contributed by atoms with E-state index in [4.69, 9.17) is 21.9 Å². The summed E-state index contributed by atoms with van der Waals surface area (Å²) >= 11 is 0. The quantitative estimate of drug-likeness (QED) is 0.0459. The molecule has 5 amide bonds. The molecule has 0 aliphatic rings. The molecule has 0 bridgehead atoms. The minimum absolute atomic E-state index is 0.101. The van der Waals surface area contributed by atoms with E-state index in [0.29, 0.717) is 6.42 Å². The van der Waals surface area contributed by atoms with Gasteiger partial charge < -0.3 is 43.2 Å². The van der Waals surface area contributed by atoms with E-state index >= 15 is 0 Å². The summed E-state index contributed by atoms with van der Waals surface area (Å²) < 4.78 is 5.16. The lowest BCUT2D eigenvalue weighted by Gasteiger charge is -2.25. The van der Waals surface area contributed by atoms with Gasteiger partial charge in [-0.3, -0.25) is 34.3 Å². The molecule has 232 valence electrons. The number of nitrogens with zero attached hydrogens (tertiary/aromatic N) is 2. The van der Waals surface area contributed by atoms with Gasteiger partial charge in [0.15, 0.2) is 5.96 Å². The molecule has 3 atom stereocenters. The summed E-state index contributed by atoms with van der Waals surface area (Å²) in [6.45, 7) is 6.41. The zero-order chi connectivity index (χ0) is 32.0. The number of amides is 5. The van der Waals surface area contributed by atoms with E-state index in [1.807, 2.05) is 0 Å². The fraction of sp³-hybridized carbons (Fsp3) is 0.520. The third kappa shape index (κ3) is 13.9. The van der Waals surface area contributed by atoms with E-state index in [2.05, 4.69) is 26.3 Å². The lowest BCUT2D eigenvalue weighted by atomic mass is 10.1. The van der Waals surface area contributed by atoms with Crippen molar-refractivity contribution < 1.29 is 33.6 Å². The molecule has 0 aliphatic heterocycles. The van der Waals surface area contributed by atoms with Crippen LogP contribution in [0.4, 0.5) is 16.2 Å². The number of nitrogens with one attached hydrogen (secondary N) is 4. The predicted molar refractivity (Wildman–Crippen MR) is 153 cm³/mol. The van der Waals surface area contributed by atoms with E-state index in [-0.39, 0.29) is 43.1 Å². The summed E-state index contributed by atoms with van der Waals surface area (Å²) in [6, 6.07) is 1.55. The fourth-order valence-electron chi connectivity index (χ4n) is 3.35. The van der Waals surface area contributed by atoms with E-state index in [1.165, 1.54) is 31.2 Å². The second kappa shape index (κ2) is 16.3. The Labute approximate surface area is 242 Å². The molecule has 1 rings (SSSR count). The Kier molecular flexibility index (Phi) is 13.6. The third-order valence-electron chi connectivity index (χ3n) is 5.36. The smallest absolute Gasteiger partial charge is 0.408 e. The number of benzene rings is 1. The molecule has 0 aliphatic carbocycles. The number of nitro groups is 1. The number of anilines is 1. The summed E-state index contributed by atoms with van der Waals surface area (Å²) in [6.07, 6.45) is -0.891. The Morgan fingerprint density at radius 3 is 2.05 bits per heavy atom. The lowest BCUT2D eigenvalue weighted by Crippen LogP contribution is -2.55. The second-order valence-corrected chi connectivity index (χ2v) is 10.2. The van der Waals surface area contributed by atoms with Gasteiger partial charge in [0.05, 0.1) is 4.92 Å². The highest BCUT2D eigenvalue weighted by atomic mass is 16.6. The van der Waals surface area contributed by atoms with E-state index in [1.54, 1.807) is 20.8 Å². The Morgan fingerprint density at radius 2 is 1.52 bits per heavy atom. The summed E-state index contributed by atoms with van der Waals surface area (Å²) in [5, 5.41) is 20.8. The second-order valence-electron chi connectivity index (χ2n) is 10.2. The van der Waals surface area contributed by atoms with Gasteiger partial charge in [-0.15, -0.1) is 0 Å². The van der Waals surface area contributed by atoms with Crippen molar-refractivity contribution in [2.75, 3.05) is 11.9 Å². The van der Waals surface area contributed by atoms with Gasteiger partial charge in [-0.1, -0.05) is 0 Å². The van der Waals surface area contributed by atoms with Crippen molar-refractivity contribution in [2.24, 2.45) is 22.2 Å².